The highest BCUT2D eigenvalue weighted by Crippen LogP contribution is 2.27. The van der Waals surface area contributed by atoms with Crippen molar-refractivity contribution < 1.29 is 19.1 Å². The largest absolute Gasteiger partial charge is 0.449 e. The summed E-state index contributed by atoms with van der Waals surface area (Å²) >= 11 is 0. The highest BCUT2D eigenvalue weighted by atomic mass is 16.6. The molecule has 1 aliphatic heterocycles. The molecular formula is C10H18N2O4. The van der Waals surface area contributed by atoms with Gasteiger partial charge in [-0.1, -0.05) is 20.8 Å². The van der Waals surface area contributed by atoms with Crippen molar-refractivity contribution in [1.82, 2.24) is 10.4 Å². The molecule has 16 heavy (non-hydrogen) atoms. The summed E-state index contributed by atoms with van der Waals surface area (Å²) in [5.74, 6) is 0. The van der Waals surface area contributed by atoms with E-state index >= 15 is 0 Å². The normalized spacial score (nSPS) is 20.6. The zero-order chi connectivity index (χ0) is 12.3. The van der Waals surface area contributed by atoms with Crippen LogP contribution in [-0.4, -0.2) is 36.5 Å². The van der Waals surface area contributed by atoms with E-state index < -0.39 is 12.2 Å². The van der Waals surface area contributed by atoms with Gasteiger partial charge in [0, 0.05) is 0 Å². The van der Waals surface area contributed by atoms with Crippen LogP contribution in [0.1, 0.15) is 27.7 Å². The molecule has 1 atom stereocenters. The van der Waals surface area contributed by atoms with Crippen LogP contribution in [0.3, 0.4) is 0 Å². The highest BCUT2D eigenvalue weighted by molar-refractivity contribution is 5.75. The maximum atomic E-state index is 11.4. The zero-order valence-corrected chi connectivity index (χ0v) is 10.1. The van der Waals surface area contributed by atoms with E-state index in [2.05, 4.69) is 5.43 Å². The number of cyclic esters (lactones) is 1. The molecule has 0 bridgehead atoms. The number of nitrogens with zero attached hydrogens (tertiary/aromatic N) is 1. The van der Waals surface area contributed by atoms with Crippen LogP contribution in [0.25, 0.3) is 0 Å². The van der Waals surface area contributed by atoms with Gasteiger partial charge in [-0.15, -0.1) is 0 Å². The maximum absolute atomic E-state index is 11.4. The van der Waals surface area contributed by atoms with Crippen molar-refractivity contribution in [1.29, 1.82) is 0 Å². The second kappa shape index (κ2) is 4.59. The van der Waals surface area contributed by atoms with Crippen LogP contribution in [0.15, 0.2) is 0 Å². The van der Waals surface area contributed by atoms with Gasteiger partial charge in [0.05, 0.1) is 12.6 Å². The molecule has 0 saturated carbocycles. The number of amides is 2. The molecular weight excluding hydrogens is 212 g/mol. The molecule has 1 rings (SSSR count). The summed E-state index contributed by atoms with van der Waals surface area (Å²) in [5, 5.41) is 1.19. The molecule has 0 aromatic carbocycles. The summed E-state index contributed by atoms with van der Waals surface area (Å²) in [6.45, 7) is 8.14. The van der Waals surface area contributed by atoms with Crippen molar-refractivity contribution >= 4 is 12.2 Å². The third kappa shape index (κ3) is 2.77. The van der Waals surface area contributed by atoms with Crippen molar-refractivity contribution in [2.45, 2.75) is 33.7 Å². The Hall–Kier alpha value is -1.46. The van der Waals surface area contributed by atoms with Gasteiger partial charge >= 0.3 is 12.2 Å². The van der Waals surface area contributed by atoms with Gasteiger partial charge in [-0.05, 0) is 12.3 Å². The first-order valence-electron chi connectivity index (χ1n) is 5.25. The van der Waals surface area contributed by atoms with Crippen molar-refractivity contribution in [3.63, 3.8) is 0 Å². The summed E-state index contributed by atoms with van der Waals surface area (Å²) in [6.07, 6.45) is -1.19. The molecule has 1 heterocycles. The van der Waals surface area contributed by atoms with E-state index in [1.165, 1.54) is 5.01 Å². The second-order valence-corrected chi connectivity index (χ2v) is 4.66. The quantitative estimate of drug-likeness (QED) is 0.780. The summed E-state index contributed by atoms with van der Waals surface area (Å²) < 4.78 is 9.61. The summed E-state index contributed by atoms with van der Waals surface area (Å²) in [5.41, 5.74) is 2.21. The molecule has 1 N–H and O–H groups in total. The Morgan fingerprint density at radius 3 is 2.75 bits per heavy atom. The first-order valence-corrected chi connectivity index (χ1v) is 5.25. The van der Waals surface area contributed by atoms with E-state index in [4.69, 9.17) is 9.47 Å². The van der Waals surface area contributed by atoms with Gasteiger partial charge in [-0.25, -0.2) is 20.0 Å². The Balaban J connectivity index is 2.67. The van der Waals surface area contributed by atoms with E-state index in [0.29, 0.717) is 0 Å². The summed E-state index contributed by atoms with van der Waals surface area (Å²) in [6, 6.07) is -0.190. The molecule has 6 heteroatoms. The second-order valence-electron chi connectivity index (χ2n) is 4.66. The maximum Gasteiger partial charge on any atom is 0.429 e. The zero-order valence-electron chi connectivity index (χ0n) is 10.1. The number of ether oxygens (including phenoxy) is 2. The molecule has 92 valence electrons. The molecule has 1 saturated heterocycles. The molecule has 0 aromatic rings. The standard InChI is InChI=1S/C10H18N2O4/c1-5-15-8(13)11-12-7(10(2,3)4)6-16-9(12)14/h7H,5-6H2,1-4H3,(H,11,13)/t7-/m0/s1. The Morgan fingerprint density at radius 2 is 2.25 bits per heavy atom. The van der Waals surface area contributed by atoms with Crippen LogP contribution in [0.4, 0.5) is 9.59 Å². The fraction of sp³-hybridized carbons (Fsp3) is 0.800. The predicted octanol–water partition coefficient (Wildman–Crippen LogP) is 1.51. The van der Waals surface area contributed by atoms with Crippen LogP contribution >= 0.6 is 0 Å². The van der Waals surface area contributed by atoms with E-state index in [1.807, 2.05) is 20.8 Å². The number of carbonyl (C=O) groups excluding carboxylic acids is 2. The number of carbonyl (C=O) groups is 2. The van der Waals surface area contributed by atoms with Gasteiger partial charge in [0.15, 0.2) is 0 Å². The first-order chi connectivity index (χ1) is 7.36. The molecule has 1 fully saturated rings. The lowest BCUT2D eigenvalue weighted by Gasteiger charge is -2.31. The van der Waals surface area contributed by atoms with E-state index in [9.17, 15) is 9.59 Å². The Labute approximate surface area is 94.8 Å². The number of nitrogens with one attached hydrogen (secondary N) is 1. The van der Waals surface area contributed by atoms with Crippen LogP contribution in [0.5, 0.6) is 0 Å². The summed E-state index contributed by atoms with van der Waals surface area (Å²) in [7, 11) is 0. The van der Waals surface area contributed by atoms with Crippen molar-refractivity contribution in [3.8, 4) is 0 Å². The molecule has 2 amide bonds. The lowest BCUT2D eigenvalue weighted by Crippen LogP contribution is -2.52. The van der Waals surface area contributed by atoms with Crippen LogP contribution in [0.2, 0.25) is 0 Å². The predicted molar refractivity (Wildman–Crippen MR) is 56.6 cm³/mol. The van der Waals surface area contributed by atoms with Crippen LogP contribution in [0, 0.1) is 5.41 Å². The lowest BCUT2D eigenvalue weighted by atomic mass is 9.87. The van der Waals surface area contributed by atoms with Gasteiger partial charge in [-0.3, -0.25) is 0 Å². The van der Waals surface area contributed by atoms with E-state index in [-0.39, 0.29) is 24.7 Å². The van der Waals surface area contributed by atoms with Gasteiger partial charge in [-0.2, -0.15) is 0 Å². The molecule has 0 spiro atoms. The fourth-order valence-corrected chi connectivity index (χ4v) is 1.44. The van der Waals surface area contributed by atoms with Gasteiger partial charge in [0.1, 0.15) is 6.61 Å². The third-order valence-corrected chi connectivity index (χ3v) is 2.36. The van der Waals surface area contributed by atoms with E-state index in [1.54, 1.807) is 6.92 Å². The number of hydrogen-bond donors (Lipinski definition) is 1. The molecule has 0 unspecified atom stereocenters. The molecule has 0 aliphatic carbocycles. The monoisotopic (exact) mass is 230 g/mol. The van der Waals surface area contributed by atoms with E-state index in [0.717, 1.165) is 0 Å². The van der Waals surface area contributed by atoms with Crippen molar-refractivity contribution in [2.24, 2.45) is 5.41 Å². The molecule has 0 radical (unpaired) electrons. The molecule has 1 aliphatic rings. The molecule has 0 aromatic heterocycles. The number of rotatable bonds is 2. The smallest absolute Gasteiger partial charge is 0.429 e. The number of hydrogen-bond acceptors (Lipinski definition) is 4. The first kappa shape index (κ1) is 12.6. The Morgan fingerprint density at radius 1 is 1.62 bits per heavy atom. The minimum absolute atomic E-state index is 0.175. The lowest BCUT2D eigenvalue weighted by molar-refractivity contribution is 0.0867. The Bertz CT molecular complexity index is 285. The van der Waals surface area contributed by atoms with Crippen molar-refractivity contribution in [3.05, 3.63) is 0 Å². The topological polar surface area (TPSA) is 67.9 Å². The average molecular weight is 230 g/mol. The number of hydrazine groups is 1. The minimum atomic E-state index is -0.643. The minimum Gasteiger partial charge on any atom is -0.449 e. The van der Waals surface area contributed by atoms with Crippen LogP contribution in [-0.2, 0) is 9.47 Å². The van der Waals surface area contributed by atoms with Crippen molar-refractivity contribution in [2.75, 3.05) is 13.2 Å². The molecule has 6 nitrogen and oxygen atoms in total. The summed E-state index contributed by atoms with van der Waals surface area (Å²) in [4.78, 5) is 22.6. The third-order valence-electron chi connectivity index (χ3n) is 2.36. The fourth-order valence-electron chi connectivity index (χ4n) is 1.44. The average Bonchev–Trinajstić information content (AvgIpc) is 2.47. The van der Waals surface area contributed by atoms with Gasteiger partial charge < -0.3 is 9.47 Å². The SMILES string of the molecule is CCOC(=O)NN1C(=O)OC[C@H]1C(C)(C)C. The van der Waals surface area contributed by atoms with Crippen LogP contribution < -0.4 is 5.43 Å². The van der Waals surface area contributed by atoms with Gasteiger partial charge in [0.25, 0.3) is 0 Å². The Kier molecular flexibility index (Phi) is 3.62. The van der Waals surface area contributed by atoms with Gasteiger partial charge in [0.2, 0.25) is 0 Å². The highest BCUT2D eigenvalue weighted by Gasteiger charge is 2.41.